The third-order valence-corrected chi connectivity index (χ3v) is 2.74. The van der Waals surface area contributed by atoms with Gasteiger partial charge in [-0.15, -0.1) is 4.86 Å². The third kappa shape index (κ3) is 1.72. The third-order valence-electron chi connectivity index (χ3n) is 2.51. The van der Waals surface area contributed by atoms with Crippen LogP contribution in [-0.4, -0.2) is 14.5 Å². The fourth-order valence-electron chi connectivity index (χ4n) is 1.69. The fourth-order valence-corrected chi connectivity index (χ4v) is 1.86. The van der Waals surface area contributed by atoms with Crippen molar-refractivity contribution in [1.82, 2.24) is 9.66 Å². The summed E-state index contributed by atoms with van der Waals surface area (Å²) in [5.74, 6) is 0. The van der Waals surface area contributed by atoms with Gasteiger partial charge in [0.2, 0.25) is 0 Å². The van der Waals surface area contributed by atoms with Gasteiger partial charge in [-0.1, -0.05) is 16.7 Å². The Morgan fingerprint density at radius 1 is 1.41 bits per heavy atom. The van der Waals surface area contributed by atoms with Gasteiger partial charge >= 0.3 is 0 Å². The first-order valence-corrected chi connectivity index (χ1v) is 5.35. The second-order valence-corrected chi connectivity index (χ2v) is 4.04. The molecule has 6 nitrogen and oxygen atoms in total. The predicted octanol–water partition coefficient (Wildman–Crippen LogP) is 2.20. The number of imidazole rings is 1. The van der Waals surface area contributed by atoms with Crippen molar-refractivity contribution in [2.24, 2.45) is 5.22 Å². The van der Waals surface area contributed by atoms with E-state index in [1.54, 1.807) is 35.5 Å². The van der Waals surface area contributed by atoms with Crippen LogP contribution < -0.4 is 5.12 Å². The van der Waals surface area contributed by atoms with E-state index < -0.39 is 0 Å². The average molecular weight is 250 g/mol. The van der Waals surface area contributed by atoms with Crippen molar-refractivity contribution >= 4 is 17.3 Å². The number of halogens is 1. The number of hydrogen-bond donors (Lipinski definition) is 0. The second-order valence-electron chi connectivity index (χ2n) is 3.61. The molecule has 2 heterocycles. The highest BCUT2D eigenvalue weighted by Gasteiger charge is 2.23. The van der Waals surface area contributed by atoms with Crippen molar-refractivity contribution in [3.05, 3.63) is 52.7 Å². The topological polar surface area (TPSA) is 59.5 Å². The molecule has 1 aliphatic rings. The molecular weight excluding hydrogens is 242 g/mol. The lowest BCUT2D eigenvalue weighted by atomic mass is 10.2. The van der Waals surface area contributed by atoms with Crippen LogP contribution in [0, 0.1) is 5.21 Å². The summed E-state index contributed by atoms with van der Waals surface area (Å²) in [6, 6.07) is 5.19. The van der Waals surface area contributed by atoms with Crippen molar-refractivity contribution in [3.63, 3.8) is 0 Å². The van der Waals surface area contributed by atoms with E-state index in [4.69, 9.17) is 11.6 Å². The van der Waals surface area contributed by atoms with Crippen LogP contribution in [0.3, 0.4) is 0 Å². The van der Waals surface area contributed by atoms with Gasteiger partial charge in [0.25, 0.3) is 0 Å². The Labute approximate surface area is 102 Å². The van der Waals surface area contributed by atoms with Crippen LogP contribution in [0.5, 0.6) is 0 Å². The molecule has 0 saturated carbocycles. The van der Waals surface area contributed by atoms with Crippen LogP contribution in [0.1, 0.15) is 5.56 Å². The van der Waals surface area contributed by atoms with E-state index in [2.05, 4.69) is 10.2 Å². The minimum absolute atomic E-state index is 0.480. The number of benzene rings is 1. The molecule has 3 rings (SSSR count). The molecule has 0 atom stereocenters. The molecule has 7 heteroatoms. The molecule has 0 amide bonds. The Bertz CT molecular complexity index is 580. The highest BCUT2D eigenvalue weighted by atomic mass is 35.5. The SMILES string of the molecule is [O-][N+]1=NN(n2ccnc2)Cc2ccc(Cl)cc21. The van der Waals surface area contributed by atoms with Crippen LogP contribution in [0.4, 0.5) is 5.69 Å². The Morgan fingerprint density at radius 3 is 3.06 bits per heavy atom. The molecule has 0 radical (unpaired) electrons. The van der Waals surface area contributed by atoms with Crippen LogP contribution in [-0.2, 0) is 6.54 Å². The molecule has 17 heavy (non-hydrogen) atoms. The Balaban J connectivity index is 2.03. The number of hydrogen-bond acceptors (Lipinski definition) is 4. The van der Waals surface area contributed by atoms with Gasteiger partial charge in [-0.2, -0.15) is 4.68 Å². The maximum Gasteiger partial charge on any atom is 0.165 e. The summed E-state index contributed by atoms with van der Waals surface area (Å²) in [6.45, 7) is 0.502. The van der Waals surface area contributed by atoms with Crippen LogP contribution in [0.2, 0.25) is 5.02 Å². The first-order valence-electron chi connectivity index (χ1n) is 4.97. The van der Waals surface area contributed by atoms with Gasteiger partial charge in [-0.3, -0.25) is 0 Å². The molecule has 0 unspecified atom stereocenters. The summed E-state index contributed by atoms with van der Waals surface area (Å²) in [5.41, 5.74) is 1.35. The van der Waals surface area contributed by atoms with E-state index in [-0.39, 0.29) is 0 Å². The zero-order valence-electron chi connectivity index (χ0n) is 8.69. The van der Waals surface area contributed by atoms with Crippen molar-refractivity contribution < 1.29 is 4.86 Å². The zero-order chi connectivity index (χ0) is 11.8. The first-order chi connectivity index (χ1) is 8.24. The van der Waals surface area contributed by atoms with Crippen molar-refractivity contribution in [2.75, 3.05) is 5.12 Å². The number of rotatable bonds is 1. The summed E-state index contributed by atoms with van der Waals surface area (Å²) in [6.07, 6.45) is 4.93. The molecule has 1 aromatic carbocycles. The van der Waals surface area contributed by atoms with Gasteiger partial charge < -0.3 is 5.21 Å². The van der Waals surface area contributed by atoms with E-state index in [0.29, 0.717) is 22.1 Å². The standard InChI is InChI=1S/C10H8ClN5O/c11-9-2-1-8-6-15(14-4-3-12-7-14)13-16(17)10(8)5-9/h1-5,7H,6H2. The molecule has 0 N–H and O–H groups in total. The molecule has 0 fully saturated rings. The quantitative estimate of drug-likeness (QED) is 0.575. The second kappa shape index (κ2) is 3.74. The fraction of sp³-hybridized carbons (Fsp3) is 0.100. The van der Waals surface area contributed by atoms with Crippen molar-refractivity contribution in [3.8, 4) is 0 Å². The lowest BCUT2D eigenvalue weighted by Gasteiger charge is -2.20. The van der Waals surface area contributed by atoms with E-state index in [0.717, 1.165) is 5.56 Å². The van der Waals surface area contributed by atoms with Crippen molar-refractivity contribution in [1.29, 1.82) is 0 Å². The van der Waals surface area contributed by atoms with Gasteiger partial charge in [-0.25, -0.2) is 4.98 Å². The van der Waals surface area contributed by atoms with Gasteiger partial charge in [0, 0.05) is 22.8 Å². The Kier molecular flexibility index (Phi) is 2.22. The summed E-state index contributed by atoms with van der Waals surface area (Å²) in [7, 11) is 0. The largest absolute Gasteiger partial charge is 0.691 e. The smallest absolute Gasteiger partial charge is 0.165 e. The monoisotopic (exact) mass is 249 g/mol. The van der Waals surface area contributed by atoms with Crippen LogP contribution >= 0.6 is 11.6 Å². The van der Waals surface area contributed by atoms with E-state index >= 15 is 0 Å². The van der Waals surface area contributed by atoms with Crippen molar-refractivity contribution in [2.45, 2.75) is 6.54 Å². The maximum atomic E-state index is 11.8. The summed E-state index contributed by atoms with van der Waals surface area (Å²) in [5, 5.41) is 17.7. The summed E-state index contributed by atoms with van der Waals surface area (Å²) < 4.78 is 1.64. The van der Waals surface area contributed by atoms with Gasteiger partial charge in [0.05, 0.1) is 6.20 Å². The van der Waals surface area contributed by atoms with E-state index in [1.165, 1.54) is 5.12 Å². The molecular formula is C10H8ClN5O. The lowest BCUT2D eigenvalue weighted by molar-refractivity contribution is -0.450. The van der Waals surface area contributed by atoms with Crippen LogP contribution in [0.25, 0.3) is 0 Å². The molecule has 0 saturated heterocycles. The summed E-state index contributed by atoms with van der Waals surface area (Å²) >= 11 is 5.84. The minimum atomic E-state index is 0.480. The van der Waals surface area contributed by atoms with Gasteiger partial charge in [-0.05, 0) is 12.1 Å². The molecule has 1 aliphatic heterocycles. The number of fused-ring (bicyclic) bond motifs is 1. The lowest BCUT2D eigenvalue weighted by Crippen LogP contribution is -2.31. The normalized spacial score (nSPS) is 14.4. The Hall–Kier alpha value is -2.08. The number of nitrogens with zero attached hydrogens (tertiary/aromatic N) is 5. The van der Waals surface area contributed by atoms with E-state index in [1.807, 2.05) is 6.07 Å². The highest BCUT2D eigenvalue weighted by Crippen LogP contribution is 2.27. The first kappa shape index (κ1) is 10.1. The predicted molar refractivity (Wildman–Crippen MR) is 61.3 cm³/mol. The molecule has 1 aromatic heterocycles. The highest BCUT2D eigenvalue weighted by molar-refractivity contribution is 6.30. The van der Waals surface area contributed by atoms with E-state index in [9.17, 15) is 5.21 Å². The van der Waals surface area contributed by atoms with Crippen LogP contribution in [0.15, 0.2) is 42.1 Å². The maximum absolute atomic E-state index is 11.8. The van der Waals surface area contributed by atoms with Gasteiger partial charge in [0.1, 0.15) is 11.6 Å². The minimum Gasteiger partial charge on any atom is -0.691 e. The average Bonchev–Trinajstić information content (AvgIpc) is 2.83. The van der Waals surface area contributed by atoms with Gasteiger partial charge in [0.15, 0.2) is 12.2 Å². The zero-order valence-corrected chi connectivity index (χ0v) is 9.45. The molecule has 2 aromatic rings. The molecule has 0 bridgehead atoms. The Morgan fingerprint density at radius 2 is 2.29 bits per heavy atom. The molecule has 0 spiro atoms. The molecule has 86 valence electrons. The number of aromatic nitrogens is 2. The summed E-state index contributed by atoms with van der Waals surface area (Å²) in [4.78, 5) is 4.47. The molecule has 0 aliphatic carbocycles.